The van der Waals surface area contributed by atoms with Crippen molar-refractivity contribution in [2.75, 3.05) is 0 Å². The second-order valence-corrected chi connectivity index (χ2v) is 11.1. The third-order valence-corrected chi connectivity index (χ3v) is 8.97. The van der Waals surface area contributed by atoms with Gasteiger partial charge < -0.3 is 9.13 Å². The van der Waals surface area contributed by atoms with Crippen LogP contribution in [0.3, 0.4) is 0 Å². The summed E-state index contributed by atoms with van der Waals surface area (Å²) in [5, 5.41) is 8.39. The standard InChI is InChI=1S/C38H23N5/c1-3-9-24(10-4-1)42-31-14-8-7-13-26(31)29-21-34-30(22-33(29)42)36-32(43(34)25-11-5-2-6-12-25)16-15-28-27-17-18-39-23-35(27)41-20-19-40-38(41)37(28)36/h1-23H. The summed E-state index contributed by atoms with van der Waals surface area (Å²) in [6.07, 6.45) is 7.74. The molecule has 200 valence electrons. The van der Waals surface area contributed by atoms with E-state index in [1.54, 1.807) is 0 Å². The number of pyridine rings is 2. The summed E-state index contributed by atoms with van der Waals surface area (Å²) < 4.78 is 6.98. The second-order valence-electron chi connectivity index (χ2n) is 11.1. The summed E-state index contributed by atoms with van der Waals surface area (Å²) in [6.45, 7) is 0. The zero-order valence-electron chi connectivity index (χ0n) is 23.0. The molecule has 5 aromatic heterocycles. The Morgan fingerprint density at radius 3 is 1.93 bits per heavy atom. The van der Waals surface area contributed by atoms with Gasteiger partial charge in [0.15, 0.2) is 0 Å². The third kappa shape index (κ3) is 2.95. The molecule has 5 heterocycles. The van der Waals surface area contributed by atoms with Crippen LogP contribution >= 0.6 is 0 Å². The first kappa shape index (κ1) is 22.7. The number of aromatic nitrogens is 5. The molecular formula is C38H23N5. The number of hydrogen-bond acceptors (Lipinski definition) is 2. The van der Waals surface area contributed by atoms with Crippen LogP contribution in [0.25, 0.3) is 82.3 Å². The Balaban J connectivity index is 1.50. The van der Waals surface area contributed by atoms with Crippen LogP contribution in [0.1, 0.15) is 0 Å². The van der Waals surface area contributed by atoms with E-state index in [0.717, 1.165) is 38.8 Å². The van der Waals surface area contributed by atoms with E-state index in [0.29, 0.717) is 0 Å². The number of nitrogens with zero attached hydrogens (tertiary/aromatic N) is 5. The monoisotopic (exact) mass is 549 g/mol. The van der Waals surface area contributed by atoms with Gasteiger partial charge in [0, 0.05) is 62.3 Å². The second kappa shape index (κ2) is 8.30. The van der Waals surface area contributed by atoms with Crippen molar-refractivity contribution in [1.82, 2.24) is 23.5 Å². The lowest BCUT2D eigenvalue weighted by atomic mass is 10.0. The molecule has 10 rings (SSSR count). The molecule has 0 aliphatic heterocycles. The third-order valence-electron chi connectivity index (χ3n) is 8.97. The highest BCUT2D eigenvalue weighted by atomic mass is 15.0. The van der Waals surface area contributed by atoms with E-state index < -0.39 is 0 Å². The molecule has 0 amide bonds. The topological polar surface area (TPSA) is 40.0 Å². The van der Waals surface area contributed by atoms with Crippen LogP contribution in [0, 0.1) is 0 Å². The van der Waals surface area contributed by atoms with E-state index in [1.807, 2.05) is 24.8 Å². The van der Waals surface area contributed by atoms with E-state index in [2.05, 4.69) is 134 Å². The Bertz CT molecular complexity index is 2710. The minimum Gasteiger partial charge on any atom is -0.309 e. The minimum absolute atomic E-state index is 0.942. The maximum atomic E-state index is 4.92. The van der Waals surface area contributed by atoms with E-state index in [4.69, 9.17) is 4.98 Å². The van der Waals surface area contributed by atoms with Crippen molar-refractivity contribution in [3.8, 4) is 11.4 Å². The van der Waals surface area contributed by atoms with E-state index >= 15 is 0 Å². The number of rotatable bonds is 2. The van der Waals surface area contributed by atoms with Gasteiger partial charge in [-0.3, -0.25) is 9.38 Å². The van der Waals surface area contributed by atoms with Gasteiger partial charge in [-0.05, 0) is 60.0 Å². The van der Waals surface area contributed by atoms with Crippen molar-refractivity contribution in [1.29, 1.82) is 0 Å². The van der Waals surface area contributed by atoms with E-state index in [-0.39, 0.29) is 0 Å². The molecule has 0 saturated carbocycles. The molecule has 0 spiro atoms. The first-order chi connectivity index (χ1) is 21.4. The number of imidazole rings is 1. The molecule has 0 atom stereocenters. The van der Waals surface area contributed by atoms with Gasteiger partial charge in [-0.25, -0.2) is 4.98 Å². The lowest BCUT2D eigenvalue weighted by molar-refractivity contribution is 1.17. The fraction of sp³-hybridized carbons (Fsp3) is 0. The highest BCUT2D eigenvalue weighted by Gasteiger charge is 2.22. The zero-order valence-corrected chi connectivity index (χ0v) is 23.0. The van der Waals surface area contributed by atoms with Gasteiger partial charge in [0.2, 0.25) is 0 Å². The maximum absolute atomic E-state index is 4.92. The summed E-state index contributed by atoms with van der Waals surface area (Å²) in [5.41, 5.74) is 9.01. The van der Waals surface area contributed by atoms with Gasteiger partial charge in [-0.1, -0.05) is 60.7 Å². The SMILES string of the molecule is c1ccc(-n2c3ccccc3c3cc4c(cc32)c2c3c(ccc2n4-c2ccccc2)c2ccncc2n2ccnc32)cc1. The summed E-state index contributed by atoms with van der Waals surface area (Å²) >= 11 is 0. The van der Waals surface area contributed by atoms with Crippen molar-refractivity contribution in [2.24, 2.45) is 0 Å². The lowest BCUT2D eigenvalue weighted by Crippen LogP contribution is -1.94. The predicted octanol–water partition coefficient (Wildman–Crippen LogP) is 9.23. The van der Waals surface area contributed by atoms with Crippen LogP contribution < -0.4 is 0 Å². The highest BCUT2D eigenvalue weighted by molar-refractivity contribution is 6.30. The average Bonchev–Trinajstić information content (AvgIpc) is 3.77. The van der Waals surface area contributed by atoms with Gasteiger partial charge in [0.1, 0.15) is 5.65 Å². The molecule has 10 aromatic rings. The Hall–Kier alpha value is -5.94. The average molecular weight is 550 g/mol. The summed E-state index contributed by atoms with van der Waals surface area (Å²) in [4.78, 5) is 9.36. The van der Waals surface area contributed by atoms with Gasteiger partial charge in [0.05, 0.1) is 33.8 Å². The molecule has 43 heavy (non-hydrogen) atoms. The fourth-order valence-electron chi connectivity index (χ4n) is 7.23. The Morgan fingerprint density at radius 2 is 1.12 bits per heavy atom. The quantitative estimate of drug-likeness (QED) is 0.202. The number of benzene rings is 5. The number of para-hydroxylation sites is 3. The van der Waals surface area contributed by atoms with Gasteiger partial charge >= 0.3 is 0 Å². The van der Waals surface area contributed by atoms with Crippen molar-refractivity contribution in [3.05, 3.63) is 140 Å². The van der Waals surface area contributed by atoms with Crippen molar-refractivity contribution in [3.63, 3.8) is 0 Å². The van der Waals surface area contributed by atoms with Crippen LogP contribution in [0.5, 0.6) is 0 Å². The maximum Gasteiger partial charge on any atom is 0.145 e. The van der Waals surface area contributed by atoms with Crippen LogP contribution in [0.4, 0.5) is 0 Å². The molecule has 0 radical (unpaired) electrons. The molecule has 0 fully saturated rings. The van der Waals surface area contributed by atoms with Crippen LogP contribution in [0.15, 0.2) is 140 Å². The summed E-state index contributed by atoms with van der Waals surface area (Å²) in [5.74, 6) is 0. The molecular weight excluding hydrogens is 526 g/mol. The van der Waals surface area contributed by atoms with E-state index in [9.17, 15) is 0 Å². The Kier molecular flexibility index (Phi) is 4.39. The molecule has 5 aromatic carbocycles. The van der Waals surface area contributed by atoms with E-state index in [1.165, 1.54) is 43.5 Å². The fourth-order valence-corrected chi connectivity index (χ4v) is 7.23. The summed E-state index contributed by atoms with van der Waals surface area (Å²) in [6, 6.07) is 41.5. The number of fused-ring (bicyclic) bond motifs is 13. The normalized spacial score (nSPS) is 12.2. The molecule has 0 unspecified atom stereocenters. The van der Waals surface area contributed by atoms with Crippen LogP contribution in [0.2, 0.25) is 0 Å². The van der Waals surface area contributed by atoms with Gasteiger partial charge in [0.25, 0.3) is 0 Å². The highest BCUT2D eigenvalue weighted by Crippen LogP contribution is 2.43. The smallest absolute Gasteiger partial charge is 0.145 e. The lowest BCUT2D eigenvalue weighted by Gasteiger charge is -2.10. The Morgan fingerprint density at radius 1 is 0.442 bits per heavy atom. The number of hydrogen-bond donors (Lipinski definition) is 0. The first-order valence-electron chi connectivity index (χ1n) is 14.5. The van der Waals surface area contributed by atoms with Gasteiger partial charge in [-0.15, -0.1) is 0 Å². The van der Waals surface area contributed by atoms with Crippen molar-refractivity contribution >= 4 is 70.9 Å². The van der Waals surface area contributed by atoms with Crippen molar-refractivity contribution in [2.45, 2.75) is 0 Å². The molecule has 0 aliphatic carbocycles. The van der Waals surface area contributed by atoms with Gasteiger partial charge in [-0.2, -0.15) is 0 Å². The summed E-state index contributed by atoms with van der Waals surface area (Å²) in [7, 11) is 0. The molecule has 0 N–H and O–H groups in total. The molecule has 5 nitrogen and oxygen atoms in total. The zero-order chi connectivity index (χ0) is 28.1. The van der Waals surface area contributed by atoms with Crippen molar-refractivity contribution < 1.29 is 0 Å². The Labute approximate surface area is 245 Å². The first-order valence-corrected chi connectivity index (χ1v) is 14.5. The molecule has 0 saturated heterocycles. The van der Waals surface area contributed by atoms with Crippen LogP contribution in [-0.2, 0) is 0 Å². The molecule has 0 bridgehead atoms. The predicted molar refractivity (Wildman–Crippen MR) is 177 cm³/mol. The largest absolute Gasteiger partial charge is 0.309 e. The molecule has 5 heteroatoms. The minimum atomic E-state index is 0.942. The molecule has 0 aliphatic rings. The van der Waals surface area contributed by atoms with Crippen LogP contribution in [-0.4, -0.2) is 23.5 Å².